The first-order valence-electron chi connectivity index (χ1n) is 9.75. The molecule has 6 heteroatoms. The second kappa shape index (κ2) is 8.46. The third-order valence-electron chi connectivity index (χ3n) is 5.46. The monoisotopic (exact) mass is 371 g/mol. The van der Waals surface area contributed by atoms with Crippen LogP contribution in [0.4, 0.5) is 0 Å². The van der Waals surface area contributed by atoms with Gasteiger partial charge in [0.1, 0.15) is 11.4 Å². The van der Waals surface area contributed by atoms with E-state index in [0.29, 0.717) is 31.1 Å². The Bertz CT molecular complexity index is 806. The zero-order valence-electron chi connectivity index (χ0n) is 16.4. The third-order valence-corrected chi connectivity index (χ3v) is 5.46. The molecule has 1 atom stereocenters. The normalized spacial score (nSPS) is 16.3. The Labute approximate surface area is 160 Å². The lowest BCUT2D eigenvalue weighted by atomic mass is 9.93. The summed E-state index contributed by atoms with van der Waals surface area (Å²) in [6, 6.07) is 7.85. The predicted octanol–water partition coefficient (Wildman–Crippen LogP) is 3.33. The number of carbonyl (C=O) groups excluding carboxylic acids is 2. The fraction of sp³-hybridized carbons (Fsp3) is 0.524. The van der Waals surface area contributed by atoms with Crippen molar-refractivity contribution in [1.82, 2.24) is 15.2 Å². The Morgan fingerprint density at radius 1 is 1.30 bits per heavy atom. The summed E-state index contributed by atoms with van der Waals surface area (Å²) < 4.78 is 5.23. The van der Waals surface area contributed by atoms with Crippen LogP contribution in [0.5, 0.6) is 5.75 Å². The van der Waals surface area contributed by atoms with E-state index < -0.39 is 0 Å². The number of likely N-dealkylation sites (tertiary alicyclic amines) is 1. The van der Waals surface area contributed by atoms with E-state index in [-0.39, 0.29) is 17.9 Å². The number of methoxy groups -OCH3 is 1. The summed E-state index contributed by atoms with van der Waals surface area (Å²) in [6.07, 6.45) is 3.23. The molecule has 3 rings (SSSR count). The average Bonchev–Trinajstić information content (AvgIpc) is 3.10. The van der Waals surface area contributed by atoms with Crippen molar-refractivity contribution in [1.29, 1.82) is 0 Å². The molecule has 0 aliphatic carbocycles. The molecule has 2 amide bonds. The van der Waals surface area contributed by atoms with Crippen molar-refractivity contribution < 1.29 is 14.3 Å². The van der Waals surface area contributed by atoms with Crippen molar-refractivity contribution in [3.63, 3.8) is 0 Å². The molecule has 0 radical (unpaired) electrons. The fourth-order valence-electron chi connectivity index (χ4n) is 3.56. The van der Waals surface area contributed by atoms with Crippen molar-refractivity contribution in [3.8, 4) is 5.75 Å². The largest absolute Gasteiger partial charge is 0.497 e. The van der Waals surface area contributed by atoms with Gasteiger partial charge in [-0.15, -0.1) is 0 Å². The SMILES string of the molecule is CC[C@@H](C)NC(=O)CC1CCN(C(=O)c2cc3ccc(OC)cc3[nH]2)CC1. The smallest absolute Gasteiger partial charge is 0.270 e. The summed E-state index contributed by atoms with van der Waals surface area (Å²) in [6.45, 7) is 5.47. The number of H-pyrrole nitrogens is 1. The van der Waals surface area contributed by atoms with Gasteiger partial charge in [0.25, 0.3) is 5.91 Å². The lowest BCUT2D eigenvalue weighted by molar-refractivity contribution is -0.122. The Balaban J connectivity index is 1.56. The summed E-state index contributed by atoms with van der Waals surface area (Å²) in [5, 5.41) is 4.02. The van der Waals surface area contributed by atoms with Gasteiger partial charge in [-0.05, 0) is 50.3 Å². The number of benzene rings is 1. The summed E-state index contributed by atoms with van der Waals surface area (Å²) >= 11 is 0. The van der Waals surface area contributed by atoms with Crippen LogP contribution in [0.25, 0.3) is 10.9 Å². The van der Waals surface area contributed by atoms with Crippen LogP contribution < -0.4 is 10.1 Å². The molecule has 2 heterocycles. The van der Waals surface area contributed by atoms with Crippen LogP contribution in [0, 0.1) is 5.92 Å². The molecule has 1 aliphatic rings. The van der Waals surface area contributed by atoms with Crippen molar-refractivity contribution in [2.45, 2.75) is 45.6 Å². The number of ether oxygens (including phenoxy) is 1. The van der Waals surface area contributed by atoms with Crippen LogP contribution in [0.2, 0.25) is 0 Å². The molecule has 146 valence electrons. The van der Waals surface area contributed by atoms with Gasteiger partial charge in [0.15, 0.2) is 0 Å². The zero-order chi connectivity index (χ0) is 19.4. The van der Waals surface area contributed by atoms with Crippen molar-refractivity contribution in [2.75, 3.05) is 20.2 Å². The Morgan fingerprint density at radius 2 is 2.04 bits per heavy atom. The van der Waals surface area contributed by atoms with Crippen LogP contribution >= 0.6 is 0 Å². The minimum atomic E-state index is 0.0210. The summed E-state index contributed by atoms with van der Waals surface area (Å²) in [5.41, 5.74) is 1.50. The van der Waals surface area contributed by atoms with Gasteiger partial charge < -0.3 is 19.9 Å². The number of nitrogens with one attached hydrogen (secondary N) is 2. The van der Waals surface area contributed by atoms with Crippen LogP contribution in [0.1, 0.15) is 50.0 Å². The summed E-state index contributed by atoms with van der Waals surface area (Å²) in [4.78, 5) is 30.0. The van der Waals surface area contributed by atoms with Gasteiger partial charge in [-0.2, -0.15) is 0 Å². The van der Waals surface area contributed by atoms with E-state index in [1.165, 1.54) is 0 Å². The van der Waals surface area contributed by atoms with Gasteiger partial charge in [-0.25, -0.2) is 0 Å². The number of carbonyl (C=O) groups is 2. The first kappa shape index (κ1) is 19.3. The highest BCUT2D eigenvalue weighted by Crippen LogP contribution is 2.25. The highest BCUT2D eigenvalue weighted by molar-refractivity contribution is 5.98. The van der Waals surface area contributed by atoms with E-state index >= 15 is 0 Å². The second-order valence-corrected chi connectivity index (χ2v) is 7.45. The number of hydrogen-bond acceptors (Lipinski definition) is 3. The fourth-order valence-corrected chi connectivity index (χ4v) is 3.56. The maximum Gasteiger partial charge on any atom is 0.270 e. The van der Waals surface area contributed by atoms with Crippen LogP contribution in [-0.4, -0.2) is 47.9 Å². The van der Waals surface area contributed by atoms with Crippen molar-refractivity contribution in [2.24, 2.45) is 5.92 Å². The topological polar surface area (TPSA) is 74.4 Å². The molecule has 0 saturated carbocycles. The Morgan fingerprint density at radius 3 is 2.70 bits per heavy atom. The molecule has 2 N–H and O–H groups in total. The minimum absolute atomic E-state index is 0.0210. The average molecular weight is 371 g/mol. The second-order valence-electron chi connectivity index (χ2n) is 7.45. The molecule has 1 aliphatic heterocycles. The molecule has 27 heavy (non-hydrogen) atoms. The van der Waals surface area contributed by atoms with Crippen molar-refractivity contribution in [3.05, 3.63) is 30.0 Å². The number of amides is 2. The standard InChI is InChI=1S/C21H29N3O3/c1-4-14(2)22-20(25)11-15-7-9-24(10-8-15)21(26)19-12-16-5-6-17(27-3)13-18(16)23-19/h5-6,12-15,23H,4,7-11H2,1-3H3,(H,22,25)/t14-/m1/s1. The molecular weight excluding hydrogens is 342 g/mol. The highest BCUT2D eigenvalue weighted by atomic mass is 16.5. The molecule has 1 saturated heterocycles. The molecule has 1 fully saturated rings. The quantitative estimate of drug-likeness (QED) is 0.818. The first-order valence-corrected chi connectivity index (χ1v) is 9.75. The number of piperidine rings is 1. The predicted molar refractivity (Wildman–Crippen MR) is 106 cm³/mol. The molecule has 1 aromatic heterocycles. The lowest BCUT2D eigenvalue weighted by Crippen LogP contribution is -2.40. The maximum absolute atomic E-state index is 12.8. The maximum atomic E-state index is 12.8. The van der Waals surface area contributed by atoms with E-state index in [0.717, 1.165) is 35.9 Å². The zero-order valence-corrected chi connectivity index (χ0v) is 16.4. The molecule has 6 nitrogen and oxygen atoms in total. The number of rotatable bonds is 6. The number of aromatic nitrogens is 1. The van der Waals surface area contributed by atoms with E-state index in [2.05, 4.69) is 17.2 Å². The third kappa shape index (κ3) is 4.62. The first-order chi connectivity index (χ1) is 13.0. The molecule has 0 unspecified atom stereocenters. The number of hydrogen-bond donors (Lipinski definition) is 2. The van der Waals surface area contributed by atoms with E-state index in [4.69, 9.17) is 4.74 Å². The number of fused-ring (bicyclic) bond motifs is 1. The van der Waals surface area contributed by atoms with Crippen LogP contribution in [-0.2, 0) is 4.79 Å². The van der Waals surface area contributed by atoms with Gasteiger partial charge in [0, 0.05) is 42.5 Å². The lowest BCUT2D eigenvalue weighted by Gasteiger charge is -2.31. The minimum Gasteiger partial charge on any atom is -0.497 e. The molecule has 0 spiro atoms. The van der Waals surface area contributed by atoms with Crippen LogP contribution in [0.3, 0.4) is 0 Å². The van der Waals surface area contributed by atoms with E-state index in [1.807, 2.05) is 36.1 Å². The van der Waals surface area contributed by atoms with Gasteiger partial charge in [0.2, 0.25) is 5.91 Å². The van der Waals surface area contributed by atoms with Crippen molar-refractivity contribution >= 4 is 22.7 Å². The van der Waals surface area contributed by atoms with Crippen LogP contribution in [0.15, 0.2) is 24.3 Å². The molecule has 2 aromatic rings. The van der Waals surface area contributed by atoms with Gasteiger partial charge in [-0.1, -0.05) is 6.92 Å². The van der Waals surface area contributed by atoms with E-state index in [9.17, 15) is 9.59 Å². The molecule has 0 bridgehead atoms. The van der Waals surface area contributed by atoms with Gasteiger partial charge >= 0.3 is 0 Å². The van der Waals surface area contributed by atoms with Gasteiger partial charge in [0.05, 0.1) is 7.11 Å². The van der Waals surface area contributed by atoms with E-state index in [1.54, 1.807) is 7.11 Å². The number of aromatic amines is 1. The molecule has 1 aromatic carbocycles. The highest BCUT2D eigenvalue weighted by Gasteiger charge is 2.26. The number of nitrogens with zero attached hydrogens (tertiary/aromatic N) is 1. The summed E-state index contributed by atoms with van der Waals surface area (Å²) in [5.74, 6) is 1.26. The molecular formula is C21H29N3O3. The van der Waals surface area contributed by atoms with Gasteiger partial charge in [-0.3, -0.25) is 9.59 Å². The Kier molecular flexibility index (Phi) is 6.04. The Hall–Kier alpha value is -2.50. The summed E-state index contributed by atoms with van der Waals surface area (Å²) in [7, 11) is 1.63.